The van der Waals surface area contributed by atoms with Crippen LogP contribution in [-0.2, 0) is 11.2 Å². The highest BCUT2D eigenvalue weighted by atomic mass is 19.1. The van der Waals surface area contributed by atoms with E-state index in [0.717, 1.165) is 0 Å². The van der Waals surface area contributed by atoms with Crippen LogP contribution in [0.2, 0.25) is 0 Å². The number of fused-ring (bicyclic) bond motifs is 1. The fourth-order valence-electron chi connectivity index (χ4n) is 1.74. The van der Waals surface area contributed by atoms with Gasteiger partial charge in [-0.25, -0.2) is 4.39 Å². The Labute approximate surface area is 97.9 Å². The van der Waals surface area contributed by atoms with Crippen LogP contribution in [0.5, 0.6) is 0 Å². The van der Waals surface area contributed by atoms with Crippen LogP contribution in [0.3, 0.4) is 0 Å². The summed E-state index contributed by atoms with van der Waals surface area (Å²) >= 11 is 0. The highest BCUT2D eigenvalue weighted by Gasteiger charge is 2.29. The Morgan fingerprint density at radius 1 is 1.41 bits per heavy atom. The number of aliphatic carboxylic acids is 1. The summed E-state index contributed by atoms with van der Waals surface area (Å²) < 4.78 is 19.1. The molecule has 3 nitrogen and oxygen atoms in total. The van der Waals surface area contributed by atoms with Crippen LogP contribution in [0.15, 0.2) is 28.9 Å². The molecule has 0 bridgehead atoms. The Morgan fingerprint density at radius 3 is 2.76 bits per heavy atom. The van der Waals surface area contributed by atoms with E-state index in [9.17, 15) is 9.18 Å². The van der Waals surface area contributed by atoms with Gasteiger partial charge in [-0.1, -0.05) is 6.07 Å². The van der Waals surface area contributed by atoms with Gasteiger partial charge in [-0.2, -0.15) is 0 Å². The lowest BCUT2D eigenvalue weighted by Crippen LogP contribution is -2.26. The number of halogens is 1. The molecule has 1 aromatic carbocycles. The molecule has 4 heteroatoms. The average Bonchev–Trinajstić information content (AvgIpc) is 2.70. The van der Waals surface area contributed by atoms with Crippen LogP contribution < -0.4 is 0 Å². The van der Waals surface area contributed by atoms with Gasteiger partial charge in [0.25, 0.3) is 0 Å². The first kappa shape index (κ1) is 11.6. The van der Waals surface area contributed by atoms with Crippen LogP contribution in [0.4, 0.5) is 4.39 Å². The third-order valence-electron chi connectivity index (χ3n) is 2.86. The highest BCUT2D eigenvalue weighted by molar-refractivity contribution is 5.79. The minimum atomic E-state index is -0.988. The van der Waals surface area contributed by atoms with Gasteiger partial charge in [0, 0.05) is 0 Å². The molecule has 0 unspecified atom stereocenters. The average molecular weight is 236 g/mol. The largest absolute Gasteiger partial charge is 0.481 e. The molecule has 2 rings (SSSR count). The highest BCUT2D eigenvalue weighted by Crippen LogP contribution is 2.28. The van der Waals surface area contributed by atoms with E-state index >= 15 is 0 Å². The van der Waals surface area contributed by atoms with Crippen molar-refractivity contribution in [3.8, 4) is 0 Å². The number of hydrogen-bond donors (Lipinski definition) is 1. The van der Waals surface area contributed by atoms with Crippen LogP contribution in [-0.4, -0.2) is 11.1 Å². The molecule has 0 atom stereocenters. The molecule has 0 aliphatic rings. The van der Waals surface area contributed by atoms with Gasteiger partial charge in [0.05, 0.1) is 17.1 Å². The summed E-state index contributed by atoms with van der Waals surface area (Å²) in [6.45, 7) is 3.16. The molecule has 0 aliphatic carbocycles. The molecule has 1 N–H and O–H groups in total. The predicted octanol–water partition coefficient (Wildman–Crippen LogP) is 3.23. The first-order valence-electron chi connectivity index (χ1n) is 5.30. The van der Waals surface area contributed by atoms with Crippen molar-refractivity contribution in [2.24, 2.45) is 5.41 Å². The zero-order valence-corrected chi connectivity index (χ0v) is 9.66. The van der Waals surface area contributed by atoms with Gasteiger partial charge in [0.2, 0.25) is 0 Å². The van der Waals surface area contributed by atoms with Crippen LogP contribution in [0.1, 0.15) is 19.4 Å². The smallest absolute Gasteiger partial charge is 0.309 e. The molecular weight excluding hydrogens is 223 g/mol. The third kappa shape index (κ3) is 2.02. The summed E-state index contributed by atoms with van der Waals surface area (Å²) in [5, 5.41) is 9.42. The molecule has 1 aromatic heterocycles. The monoisotopic (exact) mass is 236 g/mol. The van der Waals surface area contributed by atoms with Gasteiger partial charge >= 0.3 is 5.97 Å². The lowest BCUT2D eigenvalue weighted by molar-refractivity contribution is -0.146. The number of hydrogen-bond acceptors (Lipinski definition) is 2. The number of carbonyl (C=O) groups is 1. The van der Waals surface area contributed by atoms with Gasteiger partial charge in [-0.15, -0.1) is 0 Å². The van der Waals surface area contributed by atoms with E-state index in [-0.39, 0.29) is 6.42 Å². The molecule has 0 radical (unpaired) electrons. The Hall–Kier alpha value is -1.84. The number of carboxylic acid groups (broad SMARTS) is 1. The summed E-state index contributed by atoms with van der Waals surface area (Å²) in [7, 11) is 0. The van der Waals surface area contributed by atoms with Gasteiger partial charge in [-0.3, -0.25) is 4.79 Å². The maximum Gasteiger partial charge on any atom is 0.309 e. The lowest BCUT2D eigenvalue weighted by atomic mass is 9.85. The molecule has 17 heavy (non-hydrogen) atoms. The quantitative estimate of drug-likeness (QED) is 0.890. The van der Waals surface area contributed by atoms with E-state index in [1.807, 2.05) is 0 Å². The molecule has 90 valence electrons. The summed E-state index contributed by atoms with van der Waals surface area (Å²) in [6, 6.07) is 4.78. The van der Waals surface area contributed by atoms with Crippen molar-refractivity contribution in [2.45, 2.75) is 20.3 Å². The standard InChI is InChI=1S/C13H13FO3/c1-13(2,12(15)16)7-8-3-4-10-9(11(8)14)5-6-17-10/h3-6H,7H2,1-2H3,(H,15,16). The molecule has 0 fully saturated rings. The zero-order valence-electron chi connectivity index (χ0n) is 9.66. The van der Waals surface area contributed by atoms with Gasteiger partial charge < -0.3 is 9.52 Å². The predicted molar refractivity (Wildman–Crippen MR) is 61.3 cm³/mol. The fraction of sp³-hybridized carbons (Fsp3) is 0.308. The molecule has 0 amide bonds. The Balaban J connectivity index is 2.43. The second kappa shape index (κ2) is 3.87. The Bertz CT molecular complexity index is 569. The first-order valence-corrected chi connectivity index (χ1v) is 5.30. The maximum atomic E-state index is 14.0. The minimum Gasteiger partial charge on any atom is -0.481 e. The number of benzene rings is 1. The number of rotatable bonds is 3. The van der Waals surface area contributed by atoms with Gasteiger partial charge in [-0.05, 0) is 38.0 Å². The summed E-state index contributed by atoms with van der Waals surface area (Å²) in [4.78, 5) is 11.0. The van der Waals surface area contributed by atoms with Gasteiger partial charge in [0.15, 0.2) is 0 Å². The van der Waals surface area contributed by atoms with E-state index < -0.39 is 17.2 Å². The second-order valence-electron chi connectivity index (χ2n) is 4.74. The van der Waals surface area contributed by atoms with Crippen molar-refractivity contribution >= 4 is 16.9 Å². The fourth-order valence-corrected chi connectivity index (χ4v) is 1.74. The number of carboxylic acids is 1. The molecule has 0 spiro atoms. The van der Waals surface area contributed by atoms with Crippen molar-refractivity contribution in [3.05, 3.63) is 35.8 Å². The van der Waals surface area contributed by atoms with Crippen LogP contribution in [0.25, 0.3) is 11.0 Å². The molecule has 0 aliphatic heterocycles. The lowest BCUT2D eigenvalue weighted by Gasteiger charge is -2.19. The molecule has 0 saturated carbocycles. The summed E-state index contributed by atoms with van der Waals surface area (Å²) in [5.74, 6) is -1.34. The summed E-state index contributed by atoms with van der Waals surface area (Å²) in [5.41, 5.74) is -0.121. The van der Waals surface area contributed by atoms with E-state index in [0.29, 0.717) is 16.5 Å². The molecule has 2 aromatic rings. The van der Waals surface area contributed by atoms with Crippen molar-refractivity contribution < 1.29 is 18.7 Å². The van der Waals surface area contributed by atoms with Crippen molar-refractivity contribution in [1.29, 1.82) is 0 Å². The zero-order chi connectivity index (χ0) is 12.6. The first-order chi connectivity index (χ1) is 7.92. The van der Waals surface area contributed by atoms with E-state index in [1.54, 1.807) is 32.0 Å². The molecule has 0 saturated heterocycles. The van der Waals surface area contributed by atoms with Crippen molar-refractivity contribution in [1.82, 2.24) is 0 Å². The van der Waals surface area contributed by atoms with Crippen LogP contribution in [0, 0.1) is 11.2 Å². The minimum absolute atomic E-state index is 0.148. The summed E-state index contributed by atoms with van der Waals surface area (Å²) in [6.07, 6.45) is 1.56. The molecule has 1 heterocycles. The number of furan rings is 1. The van der Waals surface area contributed by atoms with E-state index in [4.69, 9.17) is 9.52 Å². The Morgan fingerprint density at radius 2 is 2.12 bits per heavy atom. The Kier molecular flexibility index (Phi) is 2.65. The second-order valence-corrected chi connectivity index (χ2v) is 4.74. The molecular formula is C13H13FO3. The van der Waals surface area contributed by atoms with Crippen LogP contribution >= 0.6 is 0 Å². The van der Waals surface area contributed by atoms with E-state index in [1.165, 1.54) is 6.26 Å². The SMILES string of the molecule is CC(C)(Cc1ccc2occc2c1F)C(=O)O. The third-order valence-corrected chi connectivity index (χ3v) is 2.86. The maximum absolute atomic E-state index is 14.0. The topological polar surface area (TPSA) is 50.4 Å². The van der Waals surface area contributed by atoms with Crippen molar-refractivity contribution in [2.75, 3.05) is 0 Å². The van der Waals surface area contributed by atoms with Crippen molar-refractivity contribution in [3.63, 3.8) is 0 Å². The normalized spacial score (nSPS) is 11.9. The van der Waals surface area contributed by atoms with Gasteiger partial charge in [0.1, 0.15) is 11.4 Å². The van der Waals surface area contributed by atoms with E-state index in [2.05, 4.69) is 0 Å².